The number of carbonyl (C=O) groups is 3. The number of nitrogens with zero attached hydrogens (tertiary/aromatic N) is 1. The van der Waals surface area contributed by atoms with Gasteiger partial charge in [-0.05, 0) is 63.6 Å². The first-order chi connectivity index (χ1) is 12.4. The minimum Gasteiger partial charge on any atom is -0.324 e. The van der Waals surface area contributed by atoms with Crippen LogP contribution in [0.2, 0.25) is 5.02 Å². The summed E-state index contributed by atoms with van der Waals surface area (Å²) >= 11 is 9.97. The normalized spacial score (nSPS) is 15.6. The molecule has 0 saturated carbocycles. The first-order valence-corrected chi connectivity index (χ1v) is 9.48. The van der Waals surface area contributed by atoms with Gasteiger partial charge < -0.3 is 5.32 Å². The van der Waals surface area contributed by atoms with Gasteiger partial charge in [-0.25, -0.2) is 0 Å². The molecule has 3 amide bonds. The van der Waals surface area contributed by atoms with Crippen LogP contribution in [0.15, 0.2) is 57.9 Å². The van der Waals surface area contributed by atoms with E-state index in [4.69, 9.17) is 11.6 Å². The first kappa shape index (κ1) is 18.7. The molecule has 0 radical (unpaired) electrons. The molecule has 5 nitrogen and oxygen atoms in total. The van der Waals surface area contributed by atoms with E-state index in [1.165, 1.54) is 0 Å². The Morgan fingerprint density at radius 2 is 1.85 bits per heavy atom. The van der Waals surface area contributed by atoms with Crippen LogP contribution in [0.4, 0.5) is 10.5 Å². The minimum absolute atomic E-state index is 0.269. The van der Waals surface area contributed by atoms with Crippen LogP contribution in [-0.4, -0.2) is 28.5 Å². The summed E-state index contributed by atoms with van der Waals surface area (Å²) < 4.78 is 0.713. The number of nitrogens with one attached hydrogen (secondary N) is 1. The fourth-order valence-electron chi connectivity index (χ4n) is 2.24. The number of amides is 3. The third kappa shape index (κ3) is 4.35. The van der Waals surface area contributed by atoms with Gasteiger partial charge in [0.2, 0.25) is 5.91 Å². The Bertz CT molecular complexity index is 915. The van der Waals surface area contributed by atoms with Gasteiger partial charge >= 0.3 is 0 Å². The van der Waals surface area contributed by atoms with Crippen LogP contribution in [0.25, 0.3) is 6.08 Å². The first-order valence-electron chi connectivity index (χ1n) is 7.49. The summed E-state index contributed by atoms with van der Waals surface area (Å²) in [7, 11) is 0. The van der Waals surface area contributed by atoms with Crippen molar-refractivity contribution in [3.8, 4) is 0 Å². The molecule has 0 aliphatic carbocycles. The topological polar surface area (TPSA) is 66.5 Å². The average molecular weight is 452 g/mol. The third-order valence-electron chi connectivity index (χ3n) is 3.49. The molecule has 0 aromatic heterocycles. The molecule has 26 heavy (non-hydrogen) atoms. The van der Waals surface area contributed by atoms with Gasteiger partial charge in [0.1, 0.15) is 6.54 Å². The molecular weight excluding hydrogens is 440 g/mol. The van der Waals surface area contributed by atoms with Crippen molar-refractivity contribution < 1.29 is 14.4 Å². The molecule has 1 saturated heterocycles. The predicted molar refractivity (Wildman–Crippen MR) is 107 cm³/mol. The summed E-state index contributed by atoms with van der Waals surface area (Å²) in [6, 6.07) is 14.0. The number of para-hydroxylation sites is 1. The Morgan fingerprint density at radius 3 is 2.54 bits per heavy atom. The maximum Gasteiger partial charge on any atom is 0.294 e. The van der Waals surface area contributed by atoms with Crippen molar-refractivity contribution in [3.63, 3.8) is 0 Å². The molecule has 1 aliphatic rings. The van der Waals surface area contributed by atoms with Crippen LogP contribution in [0.5, 0.6) is 0 Å². The maximum atomic E-state index is 12.4. The van der Waals surface area contributed by atoms with Gasteiger partial charge in [-0.15, -0.1) is 0 Å². The van der Waals surface area contributed by atoms with E-state index >= 15 is 0 Å². The number of anilines is 1. The van der Waals surface area contributed by atoms with Gasteiger partial charge in [-0.2, -0.15) is 0 Å². The Hall–Kier alpha value is -2.09. The Labute approximate surface area is 167 Å². The van der Waals surface area contributed by atoms with Crippen molar-refractivity contribution in [2.75, 3.05) is 11.9 Å². The van der Waals surface area contributed by atoms with Gasteiger partial charge in [0.25, 0.3) is 11.1 Å². The van der Waals surface area contributed by atoms with Crippen molar-refractivity contribution >= 4 is 68.1 Å². The average Bonchev–Trinajstić information content (AvgIpc) is 2.86. The smallest absolute Gasteiger partial charge is 0.294 e. The molecule has 1 heterocycles. The van der Waals surface area contributed by atoms with Crippen LogP contribution in [0.1, 0.15) is 5.56 Å². The zero-order valence-corrected chi connectivity index (χ0v) is 16.4. The third-order valence-corrected chi connectivity index (χ3v) is 5.34. The lowest BCUT2D eigenvalue weighted by Crippen LogP contribution is -2.36. The minimum atomic E-state index is -0.489. The zero-order valence-electron chi connectivity index (χ0n) is 13.2. The van der Waals surface area contributed by atoms with E-state index in [2.05, 4.69) is 21.2 Å². The molecule has 0 spiro atoms. The summed E-state index contributed by atoms with van der Waals surface area (Å²) in [5, 5.41) is 2.78. The van der Waals surface area contributed by atoms with Gasteiger partial charge in [-0.3, -0.25) is 19.3 Å². The van der Waals surface area contributed by atoms with E-state index in [1.807, 2.05) is 6.07 Å². The zero-order chi connectivity index (χ0) is 18.7. The highest BCUT2D eigenvalue weighted by Crippen LogP contribution is 2.32. The number of rotatable bonds is 4. The predicted octanol–water partition coefficient (Wildman–Crippen LogP) is 4.78. The van der Waals surface area contributed by atoms with E-state index < -0.39 is 17.1 Å². The Kier molecular flexibility index (Phi) is 5.80. The quantitative estimate of drug-likeness (QED) is 0.680. The lowest BCUT2D eigenvalue weighted by Gasteiger charge is -2.13. The van der Waals surface area contributed by atoms with Crippen LogP contribution >= 0.6 is 39.3 Å². The van der Waals surface area contributed by atoms with Crippen LogP contribution in [0, 0.1) is 0 Å². The fraction of sp³-hybridized carbons (Fsp3) is 0.0556. The van der Waals surface area contributed by atoms with Gasteiger partial charge in [-0.1, -0.05) is 35.9 Å². The van der Waals surface area contributed by atoms with Crippen molar-refractivity contribution in [1.29, 1.82) is 0 Å². The number of hydrogen-bond acceptors (Lipinski definition) is 4. The van der Waals surface area contributed by atoms with Crippen molar-refractivity contribution in [1.82, 2.24) is 4.90 Å². The number of halogens is 2. The van der Waals surface area contributed by atoms with Gasteiger partial charge in [0.05, 0.1) is 10.6 Å². The molecule has 1 aliphatic heterocycles. The van der Waals surface area contributed by atoms with Crippen molar-refractivity contribution in [2.45, 2.75) is 0 Å². The van der Waals surface area contributed by atoms with E-state index in [0.717, 1.165) is 22.2 Å². The van der Waals surface area contributed by atoms with Crippen LogP contribution in [-0.2, 0) is 9.59 Å². The fourth-order valence-corrected chi connectivity index (χ4v) is 3.59. The molecule has 2 aromatic rings. The molecule has 0 unspecified atom stereocenters. The molecule has 0 bridgehead atoms. The van der Waals surface area contributed by atoms with E-state index in [0.29, 0.717) is 15.2 Å². The lowest BCUT2D eigenvalue weighted by atomic mass is 10.2. The summed E-state index contributed by atoms with van der Waals surface area (Å²) in [6.07, 6.45) is 1.60. The number of thioether (sulfide) groups is 1. The highest BCUT2D eigenvalue weighted by Gasteiger charge is 2.36. The van der Waals surface area contributed by atoms with E-state index in [9.17, 15) is 14.4 Å². The highest BCUT2D eigenvalue weighted by molar-refractivity contribution is 9.10. The van der Waals surface area contributed by atoms with E-state index in [-0.39, 0.29) is 11.4 Å². The van der Waals surface area contributed by atoms with Crippen molar-refractivity contribution in [2.24, 2.45) is 0 Å². The van der Waals surface area contributed by atoms with Gasteiger partial charge in [0, 0.05) is 9.50 Å². The maximum absolute atomic E-state index is 12.4. The standard InChI is InChI=1S/C18H12BrClN2O3S/c19-13-3-1-2-4-14(13)21-16(23)10-22-17(24)15(26-18(22)25)9-11-5-7-12(20)8-6-11/h1-9H,10H2,(H,21,23)/b15-9+. The summed E-state index contributed by atoms with van der Waals surface area (Å²) in [4.78, 5) is 37.9. The van der Waals surface area contributed by atoms with Crippen LogP contribution in [0.3, 0.4) is 0 Å². The second kappa shape index (κ2) is 8.07. The summed E-state index contributed by atoms with van der Waals surface area (Å²) in [5.41, 5.74) is 1.32. The summed E-state index contributed by atoms with van der Waals surface area (Å²) in [5.74, 6) is -0.941. The van der Waals surface area contributed by atoms with E-state index in [1.54, 1.807) is 48.5 Å². The Morgan fingerprint density at radius 1 is 1.15 bits per heavy atom. The Balaban J connectivity index is 1.70. The molecule has 132 valence electrons. The number of carbonyl (C=O) groups excluding carboxylic acids is 3. The van der Waals surface area contributed by atoms with Crippen molar-refractivity contribution in [3.05, 3.63) is 68.5 Å². The molecule has 2 aromatic carbocycles. The molecule has 1 N–H and O–H groups in total. The molecule has 1 fully saturated rings. The monoisotopic (exact) mass is 450 g/mol. The number of imide groups is 1. The SMILES string of the molecule is O=C(CN1C(=O)S/C(=C/c2ccc(Cl)cc2)C1=O)Nc1ccccc1Br. The molecular formula is C18H12BrClN2O3S. The second-order valence-corrected chi connectivity index (χ2v) is 7.63. The lowest BCUT2D eigenvalue weighted by molar-refractivity contribution is -0.127. The molecule has 8 heteroatoms. The largest absolute Gasteiger partial charge is 0.324 e. The highest BCUT2D eigenvalue weighted by atomic mass is 79.9. The molecule has 0 atom stereocenters. The number of benzene rings is 2. The second-order valence-electron chi connectivity index (χ2n) is 5.35. The molecule has 3 rings (SSSR count). The van der Waals surface area contributed by atoms with Crippen LogP contribution < -0.4 is 5.32 Å². The number of hydrogen-bond donors (Lipinski definition) is 1. The van der Waals surface area contributed by atoms with Gasteiger partial charge in [0.15, 0.2) is 0 Å². The summed E-state index contributed by atoms with van der Waals surface area (Å²) in [6.45, 7) is -0.343.